The summed E-state index contributed by atoms with van der Waals surface area (Å²) in [6, 6.07) is 6.61. The number of nitro benzene ring substituents is 1. The van der Waals surface area contributed by atoms with Gasteiger partial charge in [0.25, 0.3) is 17.5 Å². The van der Waals surface area contributed by atoms with E-state index in [2.05, 4.69) is 10.3 Å². The SMILES string of the molecule is O=C(O)CC(NC(=O)c1ccc(N2CCN(C(=O)C3CCCO3)CC2)c([N+](=O)[O-])c1)c1cccnc1. The predicted octanol–water partition coefficient (Wildman–Crippen LogP) is 1.76. The van der Waals surface area contributed by atoms with Crippen LogP contribution in [0.1, 0.15) is 41.2 Å². The summed E-state index contributed by atoms with van der Waals surface area (Å²) in [6.07, 6.45) is 3.79. The van der Waals surface area contributed by atoms with E-state index in [1.54, 1.807) is 17.0 Å². The first-order valence-electron chi connectivity index (χ1n) is 11.7. The summed E-state index contributed by atoms with van der Waals surface area (Å²) in [7, 11) is 0. The molecule has 3 heterocycles. The summed E-state index contributed by atoms with van der Waals surface area (Å²) >= 11 is 0. The molecule has 2 aromatic rings. The summed E-state index contributed by atoms with van der Waals surface area (Å²) in [5, 5.41) is 23.7. The molecule has 0 aliphatic carbocycles. The first-order valence-corrected chi connectivity index (χ1v) is 11.7. The molecule has 0 spiro atoms. The molecule has 0 saturated carbocycles. The average Bonchev–Trinajstić information content (AvgIpc) is 3.43. The Balaban J connectivity index is 1.47. The van der Waals surface area contributed by atoms with Gasteiger partial charge in [0.05, 0.1) is 17.4 Å². The lowest BCUT2D eigenvalue weighted by Gasteiger charge is -2.36. The lowest BCUT2D eigenvalue weighted by molar-refractivity contribution is -0.384. The molecular weight excluding hydrogens is 470 g/mol. The van der Waals surface area contributed by atoms with Gasteiger partial charge in [-0.05, 0) is 36.6 Å². The van der Waals surface area contributed by atoms with E-state index in [0.717, 1.165) is 6.42 Å². The zero-order valence-corrected chi connectivity index (χ0v) is 19.5. The molecule has 36 heavy (non-hydrogen) atoms. The molecule has 190 valence electrons. The molecular formula is C24H27N5O7. The number of ether oxygens (including phenoxy) is 1. The molecule has 2 fully saturated rings. The van der Waals surface area contributed by atoms with E-state index in [0.29, 0.717) is 50.5 Å². The second kappa shape index (κ2) is 11.1. The van der Waals surface area contributed by atoms with Crippen LogP contribution in [0.3, 0.4) is 0 Å². The molecule has 2 saturated heterocycles. The van der Waals surface area contributed by atoms with Gasteiger partial charge >= 0.3 is 5.97 Å². The number of aromatic nitrogens is 1. The van der Waals surface area contributed by atoms with Crippen LogP contribution in [0.4, 0.5) is 11.4 Å². The number of aliphatic carboxylic acids is 1. The molecule has 2 amide bonds. The maximum absolute atomic E-state index is 12.9. The number of piperazine rings is 1. The van der Waals surface area contributed by atoms with Gasteiger partial charge in [0, 0.05) is 56.8 Å². The Morgan fingerprint density at radius 2 is 2.00 bits per heavy atom. The Morgan fingerprint density at radius 1 is 1.22 bits per heavy atom. The van der Waals surface area contributed by atoms with Crippen molar-refractivity contribution in [3.8, 4) is 0 Å². The largest absolute Gasteiger partial charge is 0.481 e. The summed E-state index contributed by atoms with van der Waals surface area (Å²) < 4.78 is 5.47. The predicted molar refractivity (Wildman–Crippen MR) is 128 cm³/mol. The molecule has 2 aliphatic rings. The van der Waals surface area contributed by atoms with Crippen LogP contribution in [-0.2, 0) is 14.3 Å². The van der Waals surface area contributed by atoms with Crippen LogP contribution in [0.2, 0.25) is 0 Å². The van der Waals surface area contributed by atoms with E-state index >= 15 is 0 Å². The Kier molecular flexibility index (Phi) is 7.74. The van der Waals surface area contributed by atoms with Gasteiger partial charge in [-0.1, -0.05) is 6.07 Å². The number of carboxylic acid groups (broad SMARTS) is 1. The monoisotopic (exact) mass is 497 g/mol. The fourth-order valence-corrected chi connectivity index (χ4v) is 4.47. The minimum Gasteiger partial charge on any atom is -0.481 e. The number of anilines is 1. The number of benzene rings is 1. The van der Waals surface area contributed by atoms with Crippen molar-refractivity contribution in [2.75, 3.05) is 37.7 Å². The third-order valence-corrected chi connectivity index (χ3v) is 6.34. The molecule has 0 bridgehead atoms. The first kappa shape index (κ1) is 25.0. The summed E-state index contributed by atoms with van der Waals surface area (Å²) in [5.41, 5.74) is 0.666. The van der Waals surface area contributed by atoms with E-state index in [4.69, 9.17) is 4.74 Å². The van der Waals surface area contributed by atoms with Crippen LogP contribution in [0, 0.1) is 10.1 Å². The van der Waals surface area contributed by atoms with E-state index in [9.17, 15) is 29.6 Å². The van der Waals surface area contributed by atoms with Gasteiger partial charge in [0.2, 0.25) is 0 Å². The van der Waals surface area contributed by atoms with Gasteiger partial charge in [-0.3, -0.25) is 29.5 Å². The molecule has 0 radical (unpaired) electrons. The van der Waals surface area contributed by atoms with Crippen LogP contribution >= 0.6 is 0 Å². The Bertz CT molecular complexity index is 1130. The van der Waals surface area contributed by atoms with Crippen LogP contribution in [0.15, 0.2) is 42.7 Å². The smallest absolute Gasteiger partial charge is 0.305 e. The van der Waals surface area contributed by atoms with Crippen molar-refractivity contribution in [3.63, 3.8) is 0 Å². The number of pyridine rings is 1. The van der Waals surface area contributed by atoms with Crippen molar-refractivity contribution < 1.29 is 29.2 Å². The van der Waals surface area contributed by atoms with Crippen molar-refractivity contribution >= 4 is 29.2 Å². The molecule has 12 heteroatoms. The molecule has 1 aromatic carbocycles. The second-order valence-corrected chi connectivity index (χ2v) is 8.68. The van der Waals surface area contributed by atoms with Crippen molar-refractivity contribution in [2.45, 2.75) is 31.4 Å². The fourth-order valence-electron chi connectivity index (χ4n) is 4.47. The van der Waals surface area contributed by atoms with Crippen LogP contribution in [-0.4, -0.2) is 76.6 Å². The van der Waals surface area contributed by atoms with E-state index in [1.165, 1.54) is 30.6 Å². The number of nitro groups is 1. The number of nitrogens with zero attached hydrogens (tertiary/aromatic N) is 4. The van der Waals surface area contributed by atoms with Gasteiger partial charge in [0.15, 0.2) is 0 Å². The van der Waals surface area contributed by atoms with E-state index in [1.807, 2.05) is 4.90 Å². The highest BCUT2D eigenvalue weighted by Crippen LogP contribution is 2.31. The summed E-state index contributed by atoms with van der Waals surface area (Å²) in [4.78, 5) is 55.6. The van der Waals surface area contributed by atoms with Crippen molar-refractivity contribution in [2.24, 2.45) is 0 Å². The molecule has 2 N–H and O–H groups in total. The Labute approximate surface area is 207 Å². The molecule has 1 aromatic heterocycles. The highest BCUT2D eigenvalue weighted by Gasteiger charge is 2.32. The minimum absolute atomic E-state index is 0.0388. The van der Waals surface area contributed by atoms with Crippen LogP contribution in [0.25, 0.3) is 0 Å². The maximum Gasteiger partial charge on any atom is 0.305 e. The number of carbonyl (C=O) groups is 3. The highest BCUT2D eigenvalue weighted by atomic mass is 16.6. The topological polar surface area (TPSA) is 155 Å². The number of rotatable bonds is 8. The average molecular weight is 498 g/mol. The normalized spacial score (nSPS) is 18.5. The van der Waals surface area contributed by atoms with Gasteiger partial charge in [-0.2, -0.15) is 0 Å². The van der Waals surface area contributed by atoms with Gasteiger partial charge in [-0.15, -0.1) is 0 Å². The quantitative estimate of drug-likeness (QED) is 0.410. The Hall–Kier alpha value is -4.06. The molecule has 12 nitrogen and oxygen atoms in total. The second-order valence-electron chi connectivity index (χ2n) is 8.68. The van der Waals surface area contributed by atoms with Crippen LogP contribution < -0.4 is 10.2 Å². The maximum atomic E-state index is 12.9. The summed E-state index contributed by atoms with van der Waals surface area (Å²) in [6.45, 7) is 2.24. The Morgan fingerprint density at radius 3 is 2.61 bits per heavy atom. The number of hydrogen-bond donors (Lipinski definition) is 2. The molecule has 2 aliphatic heterocycles. The number of nitrogens with one attached hydrogen (secondary N) is 1. The number of amides is 2. The number of carboxylic acids is 1. The zero-order valence-electron chi connectivity index (χ0n) is 19.5. The molecule has 4 rings (SSSR count). The fraction of sp³-hybridized carbons (Fsp3) is 0.417. The van der Waals surface area contributed by atoms with Gasteiger partial charge in [-0.25, -0.2) is 0 Å². The van der Waals surface area contributed by atoms with Crippen LogP contribution in [0.5, 0.6) is 0 Å². The van der Waals surface area contributed by atoms with Gasteiger partial charge in [0.1, 0.15) is 11.8 Å². The standard InChI is InChI=1S/C24H27N5O7/c30-22(31)14-18(17-3-1-7-25-15-17)26-23(32)16-5-6-19(20(13-16)29(34)35)27-8-10-28(11-9-27)24(33)21-4-2-12-36-21/h1,3,5-7,13,15,18,21H,2,4,8-12,14H2,(H,26,32)(H,30,31). The highest BCUT2D eigenvalue weighted by molar-refractivity contribution is 5.96. The third-order valence-electron chi connectivity index (χ3n) is 6.34. The van der Waals surface area contributed by atoms with Crippen molar-refractivity contribution in [1.82, 2.24) is 15.2 Å². The molecule has 2 unspecified atom stereocenters. The lowest BCUT2D eigenvalue weighted by Crippen LogP contribution is -2.51. The lowest BCUT2D eigenvalue weighted by atomic mass is 10.0. The minimum atomic E-state index is -1.11. The summed E-state index contributed by atoms with van der Waals surface area (Å²) in [5.74, 6) is -1.78. The number of carbonyl (C=O) groups excluding carboxylic acids is 2. The van der Waals surface area contributed by atoms with E-state index in [-0.39, 0.29) is 23.6 Å². The number of hydrogen-bond acceptors (Lipinski definition) is 8. The third kappa shape index (κ3) is 5.77. The van der Waals surface area contributed by atoms with Gasteiger partial charge < -0.3 is 25.0 Å². The van der Waals surface area contributed by atoms with Crippen molar-refractivity contribution in [3.05, 3.63) is 64.0 Å². The molecule has 2 atom stereocenters. The van der Waals surface area contributed by atoms with E-state index < -0.39 is 28.9 Å². The van der Waals surface area contributed by atoms with Crippen molar-refractivity contribution in [1.29, 1.82) is 0 Å². The first-order chi connectivity index (χ1) is 17.3. The zero-order chi connectivity index (χ0) is 25.7.